The van der Waals surface area contributed by atoms with Crippen molar-refractivity contribution in [3.8, 4) is 5.75 Å². The minimum absolute atomic E-state index is 0.185. The van der Waals surface area contributed by atoms with Crippen molar-refractivity contribution < 1.29 is 17.9 Å². The van der Waals surface area contributed by atoms with Gasteiger partial charge in [-0.3, -0.25) is 0 Å². The third kappa shape index (κ3) is 6.29. The lowest BCUT2D eigenvalue weighted by atomic mass is 10.2. The fourth-order valence-electron chi connectivity index (χ4n) is 0.927. The molecule has 1 aromatic rings. The van der Waals surface area contributed by atoms with Gasteiger partial charge in [-0.25, -0.2) is 0 Å². The molecule has 0 heterocycles. The first-order valence-corrected chi connectivity index (χ1v) is 5.00. The lowest BCUT2D eigenvalue weighted by molar-refractivity contribution is -0.153. The quantitative estimate of drug-likeness (QED) is 0.873. The fourth-order valence-corrected chi connectivity index (χ4v) is 0.927. The molecule has 0 amide bonds. The van der Waals surface area contributed by atoms with Crippen molar-refractivity contribution in [3.63, 3.8) is 0 Å². The Balaban J connectivity index is 0.00000106. The first-order chi connectivity index (χ1) is 7.51. The molecule has 0 saturated carbocycles. The normalized spacial score (nSPS) is 10.4. The molecule has 2 N–H and O–H groups in total. The number of alkyl halides is 3. The summed E-state index contributed by atoms with van der Waals surface area (Å²) < 4.78 is 39.9. The first-order valence-electron chi connectivity index (χ1n) is 5.00. The number of benzene rings is 1. The highest BCUT2D eigenvalue weighted by molar-refractivity contribution is 5.28. The van der Waals surface area contributed by atoms with E-state index in [1.807, 2.05) is 13.8 Å². The molecular weight excluding hydrogens is 219 g/mol. The Hall–Kier alpha value is -1.23. The van der Waals surface area contributed by atoms with E-state index in [2.05, 4.69) is 4.74 Å². The SMILES string of the molecule is CC.NCc1cccc(OCC(F)(F)F)c1. The smallest absolute Gasteiger partial charge is 0.422 e. The fraction of sp³-hybridized carbons (Fsp3) is 0.455. The van der Waals surface area contributed by atoms with Crippen molar-refractivity contribution in [2.75, 3.05) is 6.61 Å². The molecule has 1 aromatic carbocycles. The standard InChI is InChI=1S/C9H10F3NO.C2H6/c10-9(11,12)6-14-8-3-1-2-7(4-8)5-13;1-2/h1-4H,5-6,13H2;1-2H3. The molecule has 92 valence electrons. The Morgan fingerprint density at radius 1 is 1.25 bits per heavy atom. The summed E-state index contributed by atoms with van der Waals surface area (Å²) in [6.07, 6.45) is -4.31. The van der Waals surface area contributed by atoms with E-state index >= 15 is 0 Å². The van der Waals surface area contributed by atoms with Gasteiger partial charge in [-0.05, 0) is 17.7 Å². The second kappa shape index (κ2) is 7.11. The van der Waals surface area contributed by atoms with Crippen LogP contribution in [0.25, 0.3) is 0 Å². The molecule has 0 aliphatic heterocycles. The van der Waals surface area contributed by atoms with Crippen LogP contribution < -0.4 is 10.5 Å². The van der Waals surface area contributed by atoms with E-state index in [1.54, 1.807) is 12.1 Å². The van der Waals surface area contributed by atoms with E-state index in [4.69, 9.17) is 5.73 Å². The van der Waals surface area contributed by atoms with Gasteiger partial charge in [0.15, 0.2) is 6.61 Å². The van der Waals surface area contributed by atoms with Crippen LogP contribution in [0.5, 0.6) is 5.75 Å². The van der Waals surface area contributed by atoms with Crippen LogP contribution in [0.3, 0.4) is 0 Å². The van der Waals surface area contributed by atoms with Crippen LogP contribution in [0.1, 0.15) is 19.4 Å². The Kier molecular flexibility index (Phi) is 6.56. The highest BCUT2D eigenvalue weighted by Crippen LogP contribution is 2.19. The summed E-state index contributed by atoms with van der Waals surface area (Å²) in [5.41, 5.74) is 6.06. The Morgan fingerprint density at radius 3 is 2.38 bits per heavy atom. The van der Waals surface area contributed by atoms with E-state index < -0.39 is 12.8 Å². The van der Waals surface area contributed by atoms with Gasteiger partial charge in [0.2, 0.25) is 0 Å². The van der Waals surface area contributed by atoms with E-state index in [1.165, 1.54) is 12.1 Å². The van der Waals surface area contributed by atoms with Crippen molar-refractivity contribution in [2.45, 2.75) is 26.6 Å². The molecule has 0 unspecified atom stereocenters. The number of hydrogen-bond donors (Lipinski definition) is 1. The van der Waals surface area contributed by atoms with Gasteiger partial charge in [0.25, 0.3) is 0 Å². The molecule has 0 saturated heterocycles. The molecule has 0 aliphatic carbocycles. The van der Waals surface area contributed by atoms with E-state index in [0.29, 0.717) is 0 Å². The van der Waals surface area contributed by atoms with Crippen LogP contribution in [-0.4, -0.2) is 12.8 Å². The molecule has 0 spiro atoms. The maximum Gasteiger partial charge on any atom is 0.422 e. The van der Waals surface area contributed by atoms with Gasteiger partial charge in [0.05, 0.1) is 0 Å². The molecule has 0 aliphatic rings. The van der Waals surface area contributed by atoms with Crippen molar-refractivity contribution >= 4 is 0 Å². The van der Waals surface area contributed by atoms with Crippen molar-refractivity contribution in [1.82, 2.24) is 0 Å². The summed E-state index contributed by atoms with van der Waals surface area (Å²) in [5, 5.41) is 0. The molecule has 2 nitrogen and oxygen atoms in total. The maximum atomic E-state index is 11.8. The summed E-state index contributed by atoms with van der Waals surface area (Å²) in [6.45, 7) is 3.00. The summed E-state index contributed by atoms with van der Waals surface area (Å²) in [5.74, 6) is 0.185. The largest absolute Gasteiger partial charge is 0.484 e. The molecule has 5 heteroatoms. The van der Waals surface area contributed by atoms with Crippen molar-refractivity contribution in [1.29, 1.82) is 0 Å². The van der Waals surface area contributed by atoms with Crippen molar-refractivity contribution in [3.05, 3.63) is 29.8 Å². The summed E-state index contributed by atoms with van der Waals surface area (Å²) in [6, 6.07) is 6.28. The summed E-state index contributed by atoms with van der Waals surface area (Å²) in [7, 11) is 0. The van der Waals surface area contributed by atoms with Gasteiger partial charge >= 0.3 is 6.18 Å². The highest BCUT2D eigenvalue weighted by atomic mass is 19.4. The highest BCUT2D eigenvalue weighted by Gasteiger charge is 2.28. The Labute approximate surface area is 93.2 Å². The predicted octanol–water partition coefficient (Wildman–Crippen LogP) is 3.11. The number of nitrogens with two attached hydrogens (primary N) is 1. The third-order valence-corrected chi connectivity index (χ3v) is 1.54. The Morgan fingerprint density at radius 2 is 1.88 bits per heavy atom. The average molecular weight is 235 g/mol. The average Bonchev–Trinajstić information content (AvgIpc) is 2.28. The monoisotopic (exact) mass is 235 g/mol. The second-order valence-electron chi connectivity index (χ2n) is 2.76. The van der Waals surface area contributed by atoms with Gasteiger partial charge in [-0.1, -0.05) is 26.0 Å². The number of hydrogen-bond acceptors (Lipinski definition) is 2. The lowest BCUT2D eigenvalue weighted by Crippen LogP contribution is -2.19. The van der Waals surface area contributed by atoms with E-state index in [-0.39, 0.29) is 12.3 Å². The zero-order chi connectivity index (χ0) is 12.6. The molecule has 0 fully saturated rings. The van der Waals surface area contributed by atoms with Crippen LogP contribution in [-0.2, 0) is 6.54 Å². The zero-order valence-electron chi connectivity index (χ0n) is 9.34. The van der Waals surface area contributed by atoms with Gasteiger partial charge in [0, 0.05) is 6.54 Å². The minimum atomic E-state index is -4.31. The second-order valence-corrected chi connectivity index (χ2v) is 2.76. The van der Waals surface area contributed by atoms with Gasteiger partial charge in [-0.2, -0.15) is 13.2 Å². The molecule has 0 bridgehead atoms. The lowest BCUT2D eigenvalue weighted by Gasteiger charge is -2.09. The van der Waals surface area contributed by atoms with Gasteiger partial charge in [-0.15, -0.1) is 0 Å². The van der Waals surface area contributed by atoms with E-state index in [9.17, 15) is 13.2 Å². The van der Waals surface area contributed by atoms with Gasteiger partial charge in [0.1, 0.15) is 5.75 Å². The van der Waals surface area contributed by atoms with Crippen LogP contribution in [0, 0.1) is 0 Å². The number of halogens is 3. The topological polar surface area (TPSA) is 35.2 Å². The molecular formula is C11H16F3NO. The molecule has 1 rings (SSSR count). The first kappa shape index (κ1) is 14.8. The molecule has 16 heavy (non-hydrogen) atoms. The van der Waals surface area contributed by atoms with Crippen LogP contribution >= 0.6 is 0 Å². The third-order valence-electron chi connectivity index (χ3n) is 1.54. The summed E-state index contributed by atoms with van der Waals surface area (Å²) in [4.78, 5) is 0. The van der Waals surface area contributed by atoms with E-state index in [0.717, 1.165) is 5.56 Å². The summed E-state index contributed by atoms with van der Waals surface area (Å²) >= 11 is 0. The van der Waals surface area contributed by atoms with Gasteiger partial charge < -0.3 is 10.5 Å². The van der Waals surface area contributed by atoms with Crippen molar-refractivity contribution in [2.24, 2.45) is 5.73 Å². The number of ether oxygens (including phenoxy) is 1. The molecule has 0 radical (unpaired) electrons. The van der Waals surface area contributed by atoms with Crippen LogP contribution in [0.4, 0.5) is 13.2 Å². The number of rotatable bonds is 3. The predicted molar refractivity (Wildman–Crippen MR) is 57.2 cm³/mol. The zero-order valence-corrected chi connectivity index (χ0v) is 9.34. The Bertz CT molecular complexity index is 300. The molecule has 0 aromatic heterocycles. The van der Waals surface area contributed by atoms with Crippen LogP contribution in [0.2, 0.25) is 0 Å². The molecule has 0 atom stereocenters. The maximum absolute atomic E-state index is 11.8. The van der Waals surface area contributed by atoms with Crippen LogP contribution in [0.15, 0.2) is 24.3 Å². The minimum Gasteiger partial charge on any atom is -0.484 e.